The van der Waals surface area contributed by atoms with Crippen molar-refractivity contribution in [2.75, 3.05) is 0 Å². The molecule has 2 nitrogen and oxygen atoms in total. The van der Waals surface area contributed by atoms with Crippen molar-refractivity contribution in [1.82, 2.24) is 0 Å². The van der Waals surface area contributed by atoms with Gasteiger partial charge < -0.3 is 5.11 Å². The highest BCUT2D eigenvalue weighted by Crippen LogP contribution is 2.60. The fourth-order valence-corrected chi connectivity index (χ4v) is 6.83. The fraction of sp³-hybridized carbons (Fsp3) is 0.857. The Balaban J connectivity index is 1.78. The summed E-state index contributed by atoms with van der Waals surface area (Å²) in [5.74, 6) is 1.52. The zero-order valence-corrected chi connectivity index (χ0v) is 17.2. The minimum atomic E-state index is -0.474. The van der Waals surface area contributed by atoms with Crippen molar-refractivity contribution in [2.24, 2.45) is 34.5 Å². The van der Waals surface area contributed by atoms with Crippen LogP contribution in [0.15, 0.2) is 10.6 Å². The van der Waals surface area contributed by atoms with Crippen LogP contribution in [0.1, 0.15) is 72.6 Å². The van der Waals surface area contributed by atoms with E-state index in [1.54, 1.807) is 5.57 Å². The smallest absolute Gasteiger partial charge is 0.144 e. The quantitative estimate of drug-likeness (QED) is 0.684. The molecule has 0 aromatic rings. The van der Waals surface area contributed by atoms with Gasteiger partial charge in [0.15, 0.2) is 0 Å². The maximum atomic E-state index is 12.7. The average Bonchev–Trinajstić information content (AvgIpc) is 3.02. The zero-order chi connectivity index (χ0) is 17.7. The summed E-state index contributed by atoms with van der Waals surface area (Å²) in [6, 6.07) is 0. The van der Waals surface area contributed by atoms with E-state index in [2.05, 4.69) is 34.8 Å². The summed E-state index contributed by atoms with van der Waals surface area (Å²) in [6.45, 7) is 8.71. The van der Waals surface area contributed by atoms with Crippen molar-refractivity contribution in [3.63, 3.8) is 0 Å². The van der Waals surface area contributed by atoms with Gasteiger partial charge in [0, 0.05) is 11.3 Å². The van der Waals surface area contributed by atoms with Gasteiger partial charge in [-0.1, -0.05) is 49.2 Å². The standard InChI is InChI=1S/C21H33BrO2/c1-13(18(23)15-9-11-20(2,3)19(15)24)16-7-8-17-14(12-22)6-5-10-21(16,17)4/h12-13,15-18,23H,5-11H2,1-4H3/t13-,15?,16+,17?,18?,21+/m0/s1. The van der Waals surface area contributed by atoms with Gasteiger partial charge in [-0.25, -0.2) is 0 Å². The number of carbonyl (C=O) groups is 1. The third-order valence-corrected chi connectivity index (χ3v) is 8.44. The third kappa shape index (κ3) is 2.84. The summed E-state index contributed by atoms with van der Waals surface area (Å²) >= 11 is 3.58. The first-order valence-corrected chi connectivity index (χ1v) is 10.7. The van der Waals surface area contributed by atoms with Crippen LogP contribution in [-0.4, -0.2) is 17.0 Å². The molecule has 0 aliphatic heterocycles. The number of halogens is 1. The minimum absolute atomic E-state index is 0.146. The zero-order valence-electron chi connectivity index (χ0n) is 15.6. The number of hydrogen-bond donors (Lipinski definition) is 1. The van der Waals surface area contributed by atoms with Gasteiger partial charge in [-0.2, -0.15) is 0 Å². The predicted molar refractivity (Wildman–Crippen MR) is 102 cm³/mol. The highest BCUT2D eigenvalue weighted by atomic mass is 79.9. The van der Waals surface area contributed by atoms with Crippen LogP contribution >= 0.6 is 15.9 Å². The van der Waals surface area contributed by atoms with Crippen molar-refractivity contribution in [3.05, 3.63) is 10.6 Å². The molecule has 24 heavy (non-hydrogen) atoms. The Morgan fingerprint density at radius 3 is 2.50 bits per heavy atom. The molecule has 1 N–H and O–H groups in total. The lowest BCUT2D eigenvalue weighted by molar-refractivity contribution is -0.132. The van der Waals surface area contributed by atoms with Crippen molar-refractivity contribution >= 4 is 21.7 Å². The Morgan fingerprint density at radius 2 is 1.92 bits per heavy atom. The molecular formula is C21H33BrO2. The molecular weight excluding hydrogens is 364 g/mol. The van der Waals surface area contributed by atoms with Crippen LogP contribution in [0.3, 0.4) is 0 Å². The second kappa shape index (κ2) is 6.54. The second-order valence-electron chi connectivity index (χ2n) is 9.52. The van der Waals surface area contributed by atoms with E-state index in [0.29, 0.717) is 11.8 Å². The molecule has 0 saturated heterocycles. The van der Waals surface area contributed by atoms with Gasteiger partial charge in [-0.15, -0.1) is 0 Å². The summed E-state index contributed by atoms with van der Waals surface area (Å²) in [6.07, 6.45) is 7.45. The Kier molecular flexibility index (Phi) is 5.08. The lowest BCUT2D eigenvalue weighted by atomic mass is 9.60. The molecule has 0 amide bonds. The van der Waals surface area contributed by atoms with Gasteiger partial charge >= 0.3 is 0 Å². The largest absolute Gasteiger partial charge is 0.392 e. The number of rotatable bonds is 3. The maximum absolute atomic E-state index is 12.7. The van der Waals surface area contributed by atoms with Crippen LogP contribution in [0.4, 0.5) is 0 Å². The molecule has 136 valence electrons. The van der Waals surface area contributed by atoms with Crippen molar-refractivity contribution in [1.29, 1.82) is 0 Å². The average molecular weight is 397 g/mol. The van der Waals surface area contributed by atoms with Gasteiger partial charge in [-0.05, 0) is 73.1 Å². The van der Waals surface area contributed by atoms with Crippen LogP contribution in [0.25, 0.3) is 0 Å². The van der Waals surface area contributed by atoms with Crippen LogP contribution in [0.5, 0.6) is 0 Å². The lowest BCUT2D eigenvalue weighted by Gasteiger charge is -2.45. The van der Waals surface area contributed by atoms with E-state index in [-0.39, 0.29) is 28.4 Å². The second-order valence-corrected chi connectivity index (χ2v) is 9.98. The third-order valence-electron chi connectivity index (χ3n) is 7.85. The van der Waals surface area contributed by atoms with Crippen molar-refractivity contribution in [3.8, 4) is 0 Å². The highest BCUT2D eigenvalue weighted by molar-refractivity contribution is 9.11. The molecule has 3 unspecified atom stereocenters. The summed E-state index contributed by atoms with van der Waals surface area (Å²) in [7, 11) is 0. The molecule has 0 aromatic carbocycles. The first-order chi connectivity index (χ1) is 11.2. The minimum Gasteiger partial charge on any atom is -0.392 e. The number of fused-ring (bicyclic) bond motifs is 1. The molecule has 0 spiro atoms. The van der Waals surface area contributed by atoms with E-state index >= 15 is 0 Å². The van der Waals surface area contributed by atoms with Gasteiger partial charge in [0.25, 0.3) is 0 Å². The van der Waals surface area contributed by atoms with Gasteiger partial charge in [0.05, 0.1) is 6.10 Å². The van der Waals surface area contributed by atoms with E-state index in [1.807, 2.05) is 13.8 Å². The first-order valence-electron chi connectivity index (χ1n) is 9.74. The molecule has 3 saturated carbocycles. The number of aliphatic hydroxyl groups is 1. The SMILES string of the molecule is C[C@H](C(O)C1CCC(C)(C)C1=O)[C@H]1CCC2C(=CBr)CCC[C@@]21C. The number of aliphatic hydroxyl groups excluding tert-OH is 1. The molecule has 3 fully saturated rings. The van der Waals surface area contributed by atoms with Gasteiger partial charge in [0.2, 0.25) is 0 Å². The Hall–Kier alpha value is -0.150. The van der Waals surface area contributed by atoms with Gasteiger partial charge in [0.1, 0.15) is 5.78 Å². The van der Waals surface area contributed by atoms with E-state index in [0.717, 1.165) is 12.8 Å². The number of ketones is 1. The van der Waals surface area contributed by atoms with Crippen LogP contribution in [0.2, 0.25) is 0 Å². The van der Waals surface area contributed by atoms with Crippen LogP contribution in [0, 0.1) is 34.5 Å². The first kappa shape index (κ1) is 18.6. The number of hydrogen-bond acceptors (Lipinski definition) is 2. The van der Waals surface area contributed by atoms with E-state index < -0.39 is 6.10 Å². The fourth-order valence-electron chi connectivity index (χ4n) is 6.28. The molecule has 3 heteroatoms. The Labute approximate surface area is 155 Å². The predicted octanol–water partition coefficient (Wildman–Crippen LogP) is 5.48. The van der Waals surface area contributed by atoms with Crippen molar-refractivity contribution in [2.45, 2.75) is 78.7 Å². The van der Waals surface area contributed by atoms with E-state index in [4.69, 9.17) is 0 Å². The monoisotopic (exact) mass is 396 g/mol. The lowest BCUT2D eigenvalue weighted by Crippen LogP contribution is -2.42. The molecule has 0 heterocycles. The Bertz CT molecular complexity index is 538. The van der Waals surface area contributed by atoms with Gasteiger partial charge in [-0.3, -0.25) is 4.79 Å². The topological polar surface area (TPSA) is 37.3 Å². The molecule has 3 aliphatic rings. The van der Waals surface area contributed by atoms with E-state index in [9.17, 15) is 9.90 Å². The van der Waals surface area contributed by atoms with Crippen molar-refractivity contribution < 1.29 is 9.90 Å². The summed E-state index contributed by atoms with van der Waals surface area (Å²) < 4.78 is 0. The summed E-state index contributed by atoms with van der Waals surface area (Å²) in [4.78, 5) is 14.8. The Morgan fingerprint density at radius 1 is 1.21 bits per heavy atom. The number of allylic oxidation sites excluding steroid dienone is 1. The number of Topliss-reactive ketones (excluding diaryl/α,β-unsaturated/α-hetero) is 1. The molecule has 0 bridgehead atoms. The van der Waals surface area contributed by atoms with Crippen LogP contribution in [-0.2, 0) is 4.79 Å². The van der Waals surface area contributed by atoms with E-state index in [1.165, 1.54) is 32.1 Å². The maximum Gasteiger partial charge on any atom is 0.144 e. The summed E-state index contributed by atoms with van der Waals surface area (Å²) in [5, 5.41) is 11.1. The highest BCUT2D eigenvalue weighted by Gasteiger charge is 2.54. The molecule has 6 atom stereocenters. The summed E-state index contributed by atoms with van der Waals surface area (Å²) in [5.41, 5.74) is 1.60. The molecule has 3 rings (SSSR count). The molecule has 0 aromatic heterocycles. The van der Waals surface area contributed by atoms with Crippen LogP contribution < -0.4 is 0 Å². The number of carbonyl (C=O) groups excluding carboxylic acids is 1. The molecule has 3 aliphatic carbocycles. The normalized spacial score (nSPS) is 43.0. The molecule has 0 radical (unpaired) electrons.